The monoisotopic (exact) mass is 646 g/mol. The molecule has 3 heterocycles. The number of pyridine rings is 1. The van der Waals surface area contributed by atoms with Gasteiger partial charge in [-0.3, -0.25) is 9.38 Å². The Morgan fingerprint density at radius 1 is 0.680 bits per heavy atom. The summed E-state index contributed by atoms with van der Waals surface area (Å²) < 4.78 is 2.21. The normalized spacial score (nSPS) is 15.0. The molecule has 0 N–H and O–H groups in total. The van der Waals surface area contributed by atoms with Gasteiger partial charge < -0.3 is 0 Å². The summed E-state index contributed by atoms with van der Waals surface area (Å²) in [6.07, 6.45) is 9.83. The van der Waals surface area contributed by atoms with E-state index in [1.807, 2.05) is 31.5 Å². The summed E-state index contributed by atoms with van der Waals surface area (Å²) >= 11 is 0. The highest BCUT2D eigenvalue weighted by molar-refractivity contribution is 5.89. The number of imidazole rings is 1. The molecule has 3 aromatic heterocycles. The molecule has 0 aliphatic heterocycles. The molecule has 0 spiro atoms. The smallest absolute Gasteiger partial charge is 0.164 e. The number of fused-ring (bicyclic) bond motifs is 7. The van der Waals surface area contributed by atoms with Crippen molar-refractivity contribution in [3.63, 3.8) is 0 Å². The molecular formula is C46H38N4. The van der Waals surface area contributed by atoms with Crippen LogP contribution in [-0.4, -0.2) is 19.4 Å². The van der Waals surface area contributed by atoms with Crippen molar-refractivity contribution in [1.29, 1.82) is 0 Å². The van der Waals surface area contributed by atoms with Gasteiger partial charge >= 0.3 is 0 Å². The van der Waals surface area contributed by atoms with Crippen molar-refractivity contribution in [3.05, 3.63) is 174 Å². The van der Waals surface area contributed by atoms with E-state index in [1.165, 1.54) is 44.5 Å². The fraction of sp³-hybridized carbons (Fsp3) is 0.152. The van der Waals surface area contributed by atoms with E-state index >= 15 is 0 Å². The Morgan fingerprint density at radius 2 is 1.28 bits per heavy atom. The third kappa shape index (κ3) is 4.27. The largest absolute Gasteiger partial charge is 0.296 e. The lowest BCUT2D eigenvalue weighted by atomic mass is 9.82. The number of nitrogens with zero attached hydrogens (tertiary/aromatic N) is 4. The standard InChI is InChI=1S/C46H38N4/c1-7-13-36(31-16-12-23-47-28(31)2)42-26-48-44-43(30-20-22-35-33-15-9-11-18-38(33)46(5,6)40(35)25-30)49-41(27-50(42)44)29-19-21-34-32-14-8-10-17-37(32)45(3,4)39(34)24-29/h7-27H,1H2,2-6H3/b36-13+. The molecule has 9 rings (SSSR count). The molecule has 2 aliphatic rings. The third-order valence-electron chi connectivity index (χ3n) is 11.1. The van der Waals surface area contributed by atoms with Crippen LogP contribution in [0, 0.1) is 6.92 Å². The molecule has 0 saturated carbocycles. The van der Waals surface area contributed by atoms with Crippen LogP contribution in [-0.2, 0) is 10.8 Å². The molecule has 4 heteroatoms. The van der Waals surface area contributed by atoms with Crippen LogP contribution in [0.2, 0.25) is 0 Å². The molecule has 0 saturated heterocycles. The number of aryl methyl sites for hydroxylation is 1. The van der Waals surface area contributed by atoms with Crippen LogP contribution in [0.1, 0.15) is 66.9 Å². The maximum Gasteiger partial charge on any atom is 0.164 e. The number of benzene rings is 4. The minimum absolute atomic E-state index is 0.118. The number of hydrogen-bond acceptors (Lipinski definition) is 3. The van der Waals surface area contributed by atoms with Crippen LogP contribution in [0.3, 0.4) is 0 Å². The highest BCUT2D eigenvalue weighted by Gasteiger charge is 2.37. The van der Waals surface area contributed by atoms with E-state index in [-0.39, 0.29) is 10.8 Å². The Labute approximate surface area is 293 Å². The number of rotatable bonds is 5. The highest BCUT2D eigenvalue weighted by Crippen LogP contribution is 2.51. The van der Waals surface area contributed by atoms with Gasteiger partial charge in [0.15, 0.2) is 5.65 Å². The minimum atomic E-state index is -0.130. The summed E-state index contributed by atoms with van der Waals surface area (Å²) in [5, 5.41) is 0. The van der Waals surface area contributed by atoms with E-state index in [0.717, 1.165) is 50.7 Å². The van der Waals surface area contributed by atoms with E-state index in [1.54, 1.807) is 0 Å². The zero-order valence-corrected chi connectivity index (χ0v) is 29.1. The summed E-state index contributed by atoms with van der Waals surface area (Å²) in [6.45, 7) is 15.4. The number of aromatic nitrogens is 4. The van der Waals surface area contributed by atoms with Crippen molar-refractivity contribution in [2.24, 2.45) is 0 Å². The molecule has 0 bridgehead atoms. The molecule has 0 fully saturated rings. The number of allylic oxidation sites excluding steroid dienone is 2. The zero-order chi connectivity index (χ0) is 34.4. The Bertz CT molecular complexity index is 2580. The van der Waals surface area contributed by atoms with E-state index in [9.17, 15) is 0 Å². The molecule has 7 aromatic rings. The van der Waals surface area contributed by atoms with Crippen molar-refractivity contribution in [1.82, 2.24) is 19.4 Å². The van der Waals surface area contributed by atoms with Crippen LogP contribution >= 0.6 is 0 Å². The molecule has 0 atom stereocenters. The van der Waals surface area contributed by atoms with Gasteiger partial charge in [-0.05, 0) is 69.6 Å². The summed E-state index contributed by atoms with van der Waals surface area (Å²) in [6, 6.07) is 35.3. The van der Waals surface area contributed by atoms with Gasteiger partial charge in [-0.25, -0.2) is 9.97 Å². The lowest BCUT2D eigenvalue weighted by Gasteiger charge is -2.22. The zero-order valence-electron chi connectivity index (χ0n) is 29.1. The predicted molar refractivity (Wildman–Crippen MR) is 205 cm³/mol. The summed E-state index contributed by atoms with van der Waals surface area (Å²) in [7, 11) is 0. The van der Waals surface area contributed by atoms with Crippen molar-refractivity contribution in [2.45, 2.75) is 45.4 Å². The summed E-state index contributed by atoms with van der Waals surface area (Å²) in [5.41, 5.74) is 19.0. The third-order valence-corrected chi connectivity index (χ3v) is 11.1. The lowest BCUT2D eigenvalue weighted by Crippen LogP contribution is -2.15. The minimum Gasteiger partial charge on any atom is -0.296 e. The number of hydrogen-bond donors (Lipinski definition) is 0. The van der Waals surface area contributed by atoms with E-state index in [0.29, 0.717) is 0 Å². The van der Waals surface area contributed by atoms with E-state index in [4.69, 9.17) is 9.97 Å². The molecule has 0 unspecified atom stereocenters. The van der Waals surface area contributed by atoms with Gasteiger partial charge in [0.1, 0.15) is 5.69 Å². The van der Waals surface area contributed by atoms with Crippen molar-refractivity contribution < 1.29 is 0 Å². The first-order chi connectivity index (χ1) is 24.2. The SMILES string of the molecule is C=C/C=C(\c1cccnc1C)c1cnc2c(-c3ccc4c(c3)C(C)(C)c3ccccc3-4)nc(-c3ccc4c(c3)C(C)(C)c3ccccc3-4)cn12. The van der Waals surface area contributed by atoms with Crippen LogP contribution < -0.4 is 0 Å². The van der Waals surface area contributed by atoms with Crippen LogP contribution in [0.25, 0.3) is 56.0 Å². The van der Waals surface area contributed by atoms with E-state index in [2.05, 4.69) is 147 Å². The van der Waals surface area contributed by atoms with E-state index < -0.39 is 0 Å². The lowest BCUT2D eigenvalue weighted by molar-refractivity contribution is 0.660. The molecule has 0 radical (unpaired) electrons. The van der Waals surface area contributed by atoms with Crippen LogP contribution in [0.5, 0.6) is 0 Å². The van der Waals surface area contributed by atoms with Crippen LogP contribution in [0.4, 0.5) is 0 Å². The fourth-order valence-corrected chi connectivity index (χ4v) is 8.44. The van der Waals surface area contributed by atoms with Crippen molar-refractivity contribution in [3.8, 4) is 44.8 Å². The molecule has 242 valence electrons. The molecule has 0 amide bonds. The quantitative estimate of drug-likeness (QED) is 0.175. The van der Waals surface area contributed by atoms with Crippen molar-refractivity contribution in [2.75, 3.05) is 0 Å². The Morgan fingerprint density at radius 3 is 1.92 bits per heavy atom. The van der Waals surface area contributed by atoms with Gasteiger partial charge in [-0.15, -0.1) is 0 Å². The molecule has 50 heavy (non-hydrogen) atoms. The van der Waals surface area contributed by atoms with Crippen molar-refractivity contribution >= 4 is 11.2 Å². The molecule has 4 nitrogen and oxygen atoms in total. The Balaban J connectivity index is 1.29. The van der Waals surface area contributed by atoms with Gasteiger partial charge in [0.25, 0.3) is 0 Å². The second-order valence-corrected chi connectivity index (χ2v) is 14.6. The fourth-order valence-electron chi connectivity index (χ4n) is 8.44. The first kappa shape index (κ1) is 30.2. The topological polar surface area (TPSA) is 43.1 Å². The van der Waals surface area contributed by atoms with Gasteiger partial charge in [0.2, 0.25) is 0 Å². The highest BCUT2D eigenvalue weighted by atomic mass is 15.0. The summed E-state index contributed by atoms with van der Waals surface area (Å²) in [4.78, 5) is 15.1. The first-order valence-corrected chi connectivity index (χ1v) is 17.3. The van der Waals surface area contributed by atoms with Gasteiger partial charge in [0.05, 0.1) is 17.6 Å². The van der Waals surface area contributed by atoms with Gasteiger partial charge in [-0.1, -0.05) is 125 Å². The Kier molecular flexibility index (Phi) is 6.53. The second kappa shape index (κ2) is 10.8. The average Bonchev–Trinajstić information content (AvgIpc) is 3.73. The Hall–Kier alpha value is -5.87. The van der Waals surface area contributed by atoms with Gasteiger partial charge in [-0.2, -0.15) is 0 Å². The van der Waals surface area contributed by atoms with Crippen LogP contribution in [0.15, 0.2) is 134 Å². The second-order valence-electron chi connectivity index (χ2n) is 14.6. The molecular weight excluding hydrogens is 609 g/mol. The summed E-state index contributed by atoms with van der Waals surface area (Å²) in [5.74, 6) is 0. The predicted octanol–water partition coefficient (Wildman–Crippen LogP) is 11.0. The first-order valence-electron chi connectivity index (χ1n) is 17.3. The van der Waals surface area contributed by atoms with Gasteiger partial charge in [0, 0.05) is 51.2 Å². The maximum atomic E-state index is 5.46. The molecule has 2 aliphatic carbocycles. The maximum absolute atomic E-state index is 5.46. The molecule has 4 aromatic carbocycles. The average molecular weight is 647 g/mol.